The molecule has 0 spiro atoms. The number of rotatable bonds is 6. The maximum Gasteiger partial charge on any atom is 0.235 e. The number of nitrogens with zero attached hydrogens (tertiary/aromatic N) is 1. The van der Waals surface area contributed by atoms with Crippen molar-refractivity contribution in [1.29, 1.82) is 0 Å². The van der Waals surface area contributed by atoms with E-state index in [0.717, 1.165) is 16.9 Å². The van der Waals surface area contributed by atoms with Crippen molar-refractivity contribution in [1.82, 2.24) is 0 Å². The minimum absolute atomic E-state index is 0.107. The molecule has 0 bridgehead atoms. The summed E-state index contributed by atoms with van der Waals surface area (Å²) >= 11 is 0. The minimum atomic E-state index is -3.25. The summed E-state index contributed by atoms with van der Waals surface area (Å²) in [6.45, 7) is 2.36. The number of methoxy groups -OCH3 is 1. The number of carbonyl (C=O) groups excluding carboxylic acids is 1. The molecular formula is C20H24N2O4S. The Kier molecular flexibility index (Phi) is 5.70. The summed E-state index contributed by atoms with van der Waals surface area (Å²) < 4.78 is 30.9. The summed E-state index contributed by atoms with van der Waals surface area (Å²) in [5.74, 6) is 0.849. The number of anilines is 2. The lowest BCUT2D eigenvalue weighted by molar-refractivity contribution is -0.116. The van der Waals surface area contributed by atoms with Gasteiger partial charge in [0, 0.05) is 18.7 Å². The van der Waals surface area contributed by atoms with Gasteiger partial charge in [0.05, 0.1) is 18.6 Å². The van der Waals surface area contributed by atoms with Crippen molar-refractivity contribution < 1.29 is 17.9 Å². The van der Waals surface area contributed by atoms with E-state index >= 15 is 0 Å². The summed E-state index contributed by atoms with van der Waals surface area (Å²) in [4.78, 5) is 12.3. The number of aryl methyl sites for hydroxylation is 2. The molecule has 1 fully saturated rings. The molecule has 2 aromatic rings. The first kappa shape index (κ1) is 19.2. The van der Waals surface area contributed by atoms with Crippen molar-refractivity contribution in [2.24, 2.45) is 0 Å². The zero-order valence-electron chi connectivity index (χ0n) is 15.6. The van der Waals surface area contributed by atoms with Crippen molar-refractivity contribution in [3.05, 3.63) is 53.6 Å². The van der Waals surface area contributed by atoms with E-state index in [-0.39, 0.29) is 11.7 Å². The largest absolute Gasteiger partial charge is 0.497 e. The van der Waals surface area contributed by atoms with Gasteiger partial charge in [0.15, 0.2) is 0 Å². The number of ether oxygens (including phenoxy) is 1. The van der Waals surface area contributed by atoms with E-state index in [9.17, 15) is 13.2 Å². The first-order valence-corrected chi connectivity index (χ1v) is 10.5. The lowest BCUT2D eigenvalue weighted by Gasteiger charge is -2.20. The molecule has 1 aliphatic heterocycles. The Morgan fingerprint density at radius 1 is 1.19 bits per heavy atom. The highest BCUT2D eigenvalue weighted by Gasteiger charge is 2.29. The van der Waals surface area contributed by atoms with Gasteiger partial charge in [-0.15, -0.1) is 0 Å². The standard InChI is InChI=1S/C20H24N2O4S/c1-15-4-8-17(14-19(15)22-12-3-13-27(22,24)25)21-20(23)11-7-16-5-9-18(26-2)10-6-16/h4-6,8-10,14H,3,7,11-13H2,1-2H3,(H,21,23). The van der Waals surface area contributed by atoms with E-state index in [2.05, 4.69) is 5.32 Å². The second kappa shape index (κ2) is 8.00. The van der Waals surface area contributed by atoms with Crippen molar-refractivity contribution in [3.8, 4) is 5.75 Å². The minimum Gasteiger partial charge on any atom is -0.497 e. The average molecular weight is 388 g/mol. The number of hydrogen-bond donors (Lipinski definition) is 1. The molecule has 1 saturated heterocycles. The van der Waals surface area contributed by atoms with Crippen LogP contribution in [-0.2, 0) is 21.2 Å². The zero-order chi connectivity index (χ0) is 19.4. The first-order chi connectivity index (χ1) is 12.9. The van der Waals surface area contributed by atoms with Gasteiger partial charge < -0.3 is 10.1 Å². The Morgan fingerprint density at radius 2 is 1.93 bits per heavy atom. The molecule has 7 heteroatoms. The normalized spacial score (nSPS) is 15.6. The summed E-state index contributed by atoms with van der Waals surface area (Å²) in [7, 11) is -1.63. The molecule has 0 atom stereocenters. The van der Waals surface area contributed by atoms with Crippen LogP contribution in [-0.4, -0.2) is 33.7 Å². The van der Waals surface area contributed by atoms with Crippen LogP contribution in [0, 0.1) is 6.92 Å². The van der Waals surface area contributed by atoms with Crippen molar-refractivity contribution >= 4 is 27.3 Å². The predicted octanol–water partition coefficient (Wildman–Crippen LogP) is 3.11. The van der Waals surface area contributed by atoms with Gasteiger partial charge >= 0.3 is 0 Å². The van der Waals surface area contributed by atoms with Crippen LogP contribution in [0.2, 0.25) is 0 Å². The summed E-state index contributed by atoms with van der Waals surface area (Å²) in [6, 6.07) is 13.0. The fraction of sp³-hybridized carbons (Fsp3) is 0.350. The van der Waals surface area contributed by atoms with Crippen molar-refractivity contribution in [2.45, 2.75) is 26.2 Å². The predicted molar refractivity (Wildman–Crippen MR) is 107 cm³/mol. The van der Waals surface area contributed by atoms with Gasteiger partial charge in [-0.05, 0) is 55.2 Å². The van der Waals surface area contributed by atoms with Gasteiger partial charge in [0.1, 0.15) is 5.75 Å². The van der Waals surface area contributed by atoms with Crippen LogP contribution in [0.25, 0.3) is 0 Å². The maximum atomic E-state index is 12.3. The molecule has 1 amide bonds. The molecule has 27 heavy (non-hydrogen) atoms. The molecule has 0 radical (unpaired) electrons. The van der Waals surface area contributed by atoms with Crippen molar-refractivity contribution in [3.63, 3.8) is 0 Å². The molecule has 2 aromatic carbocycles. The Morgan fingerprint density at radius 3 is 2.56 bits per heavy atom. The second-order valence-corrected chi connectivity index (χ2v) is 8.65. The summed E-state index contributed by atoms with van der Waals surface area (Å²) in [6.07, 6.45) is 1.59. The Bertz CT molecular complexity index is 923. The van der Waals surface area contributed by atoms with E-state index in [1.54, 1.807) is 19.2 Å². The van der Waals surface area contributed by atoms with Crippen LogP contribution in [0.3, 0.4) is 0 Å². The van der Waals surface area contributed by atoms with Gasteiger partial charge in [-0.2, -0.15) is 0 Å². The quantitative estimate of drug-likeness (QED) is 0.825. The van der Waals surface area contributed by atoms with Gasteiger partial charge in [-0.25, -0.2) is 8.42 Å². The topological polar surface area (TPSA) is 75.7 Å². The summed E-state index contributed by atoms with van der Waals surface area (Å²) in [5, 5.41) is 2.87. The average Bonchev–Trinajstić information content (AvgIpc) is 3.01. The lowest BCUT2D eigenvalue weighted by atomic mass is 10.1. The van der Waals surface area contributed by atoms with E-state index < -0.39 is 10.0 Å². The third-order valence-electron chi connectivity index (χ3n) is 4.66. The van der Waals surface area contributed by atoms with E-state index in [1.807, 2.05) is 37.3 Å². The number of amides is 1. The van der Waals surface area contributed by atoms with Crippen LogP contribution in [0.1, 0.15) is 24.0 Å². The zero-order valence-corrected chi connectivity index (χ0v) is 16.4. The molecule has 144 valence electrons. The van der Waals surface area contributed by atoms with Gasteiger partial charge in [-0.3, -0.25) is 9.10 Å². The Labute approximate surface area is 160 Å². The Hall–Kier alpha value is -2.54. The van der Waals surface area contributed by atoms with Gasteiger partial charge in [0.2, 0.25) is 15.9 Å². The highest BCUT2D eigenvalue weighted by atomic mass is 32.2. The van der Waals surface area contributed by atoms with Crippen LogP contribution in [0.15, 0.2) is 42.5 Å². The maximum absolute atomic E-state index is 12.3. The van der Waals surface area contributed by atoms with E-state index in [1.165, 1.54) is 4.31 Å². The Balaban J connectivity index is 1.64. The molecule has 1 aliphatic rings. The number of benzene rings is 2. The molecular weight excluding hydrogens is 364 g/mol. The fourth-order valence-corrected chi connectivity index (χ4v) is 4.76. The molecule has 0 aromatic heterocycles. The number of nitrogens with one attached hydrogen (secondary N) is 1. The van der Waals surface area contributed by atoms with E-state index in [4.69, 9.17) is 4.74 Å². The lowest BCUT2D eigenvalue weighted by Crippen LogP contribution is -2.26. The third-order valence-corrected chi connectivity index (χ3v) is 6.52. The fourth-order valence-electron chi connectivity index (χ4n) is 3.14. The smallest absolute Gasteiger partial charge is 0.235 e. The van der Waals surface area contributed by atoms with E-state index in [0.29, 0.717) is 37.2 Å². The monoisotopic (exact) mass is 388 g/mol. The van der Waals surface area contributed by atoms with Gasteiger partial charge in [0.25, 0.3) is 0 Å². The highest BCUT2D eigenvalue weighted by Crippen LogP contribution is 2.30. The third kappa shape index (κ3) is 4.60. The van der Waals surface area contributed by atoms with Gasteiger partial charge in [-0.1, -0.05) is 18.2 Å². The molecule has 1 N–H and O–H groups in total. The second-order valence-electron chi connectivity index (χ2n) is 6.64. The van der Waals surface area contributed by atoms with Crippen LogP contribution in [0.4, 0.5) is 11.4 Å². The summed E-state index contributed by atoms with van der Waals surface area (Å²) in [5.41, 5.74) is 3.17. The molecule has 3 rings (SSSR count). The van der Waals surface area contributed by atoms with Crippen LogP contribution < -0.4 is 14.4 Å². The number of carbonyl (C=O) groups is 1. The number of sulfonamides is 1. The molecule has 1 heterocycles. The molecule has 0 unspecified atom stereocenters. The molecule has 0 saturated carbocycles. The molecule has 6 nitrogen and oxygen atoms in total. The van der Waals surface area contributed by atoms with Crippen molar-refractivity contribution in [2.75, 3.05) is 29.0 Å². The SMILES string of the molecule is COc1ccc(CCC(=O)Nc2ccc(C)c(N3CCCS3(=O)=O)c2)cc1. The number of hydrogen-bond acceptors (Lipinski definition) is 4. The van der Waals surface area contributed by atoms with Crippen LogP contribution in [0.5, 0.6) is 5.75 Å². The van der Waals surface area contributed by atoms with Crippen LogP contribution >= 0.6 is 0 Å². The molecule has 0 aliphatic carbocycles. The highest BCUT2D eigenvalue weighted by molar-refractivity contribution is 7.93. The first-order valence-electron chi connectivity index (χ1n) is 8.93.